The number of nitrogens with zero attached hydrogens (tertiary/aromatic N) is 4. The second-order valence-corrected chi connectivity index (χ2v) is 8.11. The Balaban J connectivity index is 1.43. The van der Waals surface area contributed by atoms with Gasteiger partial charge in [0.15, 0.2) is 0 Å². The molecule has 7 nitrogen and oxygen atoms in total. The normalized spacial score (nSPS) is 19.6. The molecular formula is C22H28N4O3. The second-order valence-electron chi connectivity index (χ2n) is 8.11. The van der Waals surface area contributed by atoms with E-state index in [4.69, 9.17) is 4.74 Å². The minimum Gasteiger partial charge on any atom is -0.497 e. The summed E-state index contributed by atoms with van der Waals surface area (Å²) in [5.41, 5.74) is 2.79. The molecule has 1 fully saturated rings. The van der Waals surface area contributed by atoms with Crippen LogP contribution in [0, 0.1) is 11.8 Å². The minimum absolute atomic E-state index is 0.00246. The molecule has 2 heterocycles. The SMILES string of the molecule is COc1ccc2c(c1)n(CC1CCC(C(=O)Cc3ccnn3C)CC1)c(=O)n2C. The van der Waals surface area contributed by atoms with Crippen LogP contribution in [0.5, 0.6) is 5.75 Å². The Labute approximate surface area is 169 Å². The van der Waals surface area contributed by atoms with Crippen molar-refractivity contribution in [1.82, 2.24) is 18.9 Å². The molecule has 0 atom stereocenters. The van der Waals surface area contributed by atoms with Crippen LogP contribution in [0.25, 0.3) is 11.0 Å². The molecule has 4 rings (SSSR count). The lowest BCUT2D eigenvalue weighted by Gasteiger charge is -2.28. The van der Waals surface area contributed by atoms with Crippen LogP contribution < -0.4 is 10.4 Å². The molecule has 0 spiro atoms. The molecule has 0 radical (unpaired) electrons. The van der Waals surface area contributed by atoms with E-state index < -0.39 is 0 Å². The third-order valence-corrected chi connectivity index (χ3v) is 6.37. The molecule has 0 aliphatic heterocycles. The number of rotatable bonds is 6. The van der Waals surface area contributed by atoms with Gasteiger partial charge in [-0.15, -0.1) is 0 Å². The van der Waals surface area contributed by atoms with Crippen LogP contribution in [0.4, 0.5) is 0 Å². The number of ketones is 1. The molecule has 1 saturated carbocycles. The fraction of sp³-hybridized carbons (Fsp3) is 0.500. The van der Waals surface area contributed by atoms with Gasteiger partial charge in [0, 0.05) is 50.9 Å². The summed E-state index contributed by atoms with van der Waals surface area (Å²) in [6, 6.07) is 7.65. The van der Waals surface area contributed by atoms with Crippen LogP contribution in [0.3, 0.4) is 0 Å². The average molecular weight is 396 g/mol. The minimum atomic E-state index is 0.00246. The van der Waals surface area contributed by atoms with Gasteiger partial charge in [0.2, 0.25) is 0 Å². The van der Waals surface area contributed by atoms with Crippen LogP contribution in [-0.2, 0) is 31.9 Å². The van der Waals surface area contributed by atoms with E-state index in [1.807, 2.05) is 42.9 Å². The van der Waals surface area contributed by atoms with Gasteiger partial charge in [0.05, 0.1) is 18.1 Å². The second kappa shape index (κ2) is 7.89. The van der Waals surface area contributed by atoms with Gasteiger partial charge in [-0.25, -0.2) is 4.79 Å². The van der Waals surface area contributed by atoms with Crippen LogP contribution in [0.1, 0.15) is 31.4 Å². The first-order chi connectivity index (χ1) is 14.0. The number of imidazole rings is 1. The molecule has 2 aromatic heterocycles. The molecule has 7 heteroatoms. The first-order valence-corrected chi connectivity index (χ1v) is 10.2. The molecule has 0 amide bonds. The first kappa shape index (κ1) is 19.5. The Morgan fingerprint density at radius 2 is 1.90 bits per heavy atom. The fourth-order valence-electron chi connectivity index (χ4n) is 4.52. The molecule has 29 heavy (non-hydrogen) atoms. The van der Waals surface area contributed by atoms with Gasteiger partial charge in [0.25, 0.3) is 0 Å². The van der Waals surface area contributed by atoms with Gasteiger partial charge in [0.1, 0.15) is 11.5 Å². The number of ether oxygens (including phenoxy) is 1. The van der Waals surface area contributed by atoms with E-state index in [2.05, 4.69) is 5.10 Å². The zero-order valence-corrected chi connectivity index (χ0v) is 17.3. The number of carbonyl (C=O) groups is 1. The standard InChI is InChI=1S/C22H28N4O3/c1-24-19-9-8-18(29-3)13-20(19)26(22(24)28)14-15-4-6-16(7-5-15)21(27)12-17-10-11-23-25(17)2/h8-11,13,15-16H,4-7,12,14H2,1-3H3. The molecule has 0 bridgehead atoms. The smallest absolute Gasteiger partial charge is 0.328 e. The van der Waals surface area contributed by atoms with Crippen LogP contribution in [-0.4, -0.2) is 31.8 Å². The summed E-state index contributed by atoms with van der Waals surface area (Å²) in [7, 11) is 5.31. The zero-order valence-electron chi connectivity index (χ0n) is 17.3. The van der Waals surface area contributed by atoms with Crippen molar-refractivity contribution in [3.05, 3.63) is 46.6 Å². The van der Waals surface area contributed by atoms with E-state index in [-0.39, 0.29) is 11.6 Å². The Morgan fingerprint density at radius 3 is 2.55 bits per heavy atom. The van der Waals surface area contributed by atoms with Gasteiger partial charge < -0.3 is 4.74 Å². The predicted octanol–water partition coefficient (Wildman–Crippen LogP) is 2.70. The molecule has 0 saturated heterocycles. The Bertz CT molecular complexity index is 1080. The van der Waals surface area contributed by atoms with Gasteiger partial charge in [-0.3, -0.25) is 18.6 Å². The highest BCUT2D eigenvalue weighted by Crippen LogP contribution is 2.32. The summed E-state index contributed by atoms with van der Waals surface area (Å²) in [6.07, 6.45) is 5.91. The van der Waals surface area contributed by atoms with E-state index in [9.17, 15) is 9.59 Å². The van der Waals surface area contributed by atoms with Crippen molar-refractivity contribution in [2.45, 2.75) is 38.6 Å². The largest absolute Gasteiger partial charge is 0.497 e. The van der Waals surface area contributed by atoms with Gasteiger partial charge in [-0.1, -0.05) is 0 Å². The molecule has 1 aliphatic rings. The predicted molar refractivity (Wildman–Crippen MR) is 111 cm³/mol. The van der Waals surface area contributed by atoms with Crippen molar-refractivity contribution in [1.29, 1.82) is 0 Å². The topological polar surface area (TPSA) is 71.1 Å². The summed E-state index contributed by atoms with van der Waals surface area (Å²) in [4.78, 5) is 25.4. The monoisotopic (exact) mass is 396 g/mol. The number of methoxy groups -OCH3 is 1. The zero-order chi connectivity index (χ0) is 20.5. The first-order valence-electron chi connectivity index (χ1n) is 10.2. The lowest BCUT2D eigenvalue weighted by molar-refractivity contribution is -0.123. The van der Waals surface area contributed by atoms with Crippen LogP contribution in [0.2, 0.25) is 0 Å². The quantitative estimate of drug-likeness (QED) is 0.642. The molecule has 1 aromatic carbocycles. The van der Waals surface area contributed by atoms with Crippen LogP contribution >= 0.6 is 0 Å². The number of fused-ring (bicyclic) bond motifs is 1. The van der Waals surface area contributed by atoms with E-state index in [0.29, 0.717) is 24.7 Å². The van der Waals surface area contributed by atoms with Gasteiger partial charge >= 0.3 is 5.69 Å². The van der Waals surface area contributed by atoms with E-state index in [1.54, 1.807) is 22.6 Å². The third-order valence-electron chi connectivity index (χ3n) is 6.37. The molecule has 154 valence electrons. The summed E-state index contributed by atoms with van der Waals surface area (Å²) in [5, 5.41) is 4.14. The van der Waals surface area contributed by atoms with Gasteiger partial charge in [-0.05, 0) is 49.8 Å². The third kappa shape index (κ3) is 3.73. The summed E-state index contributed by atoms with van der Waals surface area (Å²) in [6.45, 7) is 0.686. The van der Waals surface area contributed by atoms with Crippen molar-refractivity contribution in [2.75, 3.05) is 7.11 Å². The summed E-state index contributed by atoms with van der Waals surface area (Å²) >= 11 is 0. The molecule has 3 aromatic rings. The van der Waals surface area contributed by atoms with Crippen molar-refractivity contribution >= 4 is 16.8 Å². The molecular weight excluding hydrogens is 368 g/mol. The summed E-state index contributed by atoms with van der Waals surface area (Å²) in [5.74, 6) is 1.58. The highest BCUT2D eigenvalue weighted by Gasteiger charge is 2.27. The van der Waals surface area contributed by atoms with Crippen molar-refractivity contribution in [3.63, 3.8) is 0 Å². The van der Waals surface area contributed by atoms with E-state index in [0.717, 1.165) is 48.2 Å². The molecule has 0 N–H and O–H groups in total. The highest BCUT2D eigenvalue weighted by atomic mass is 16.5. The van der Waals surface area contributed by atoms with E-state index in [1.165, 1.54) is 0 Å². The highest BCUT2D eigenvalue weighted by molar-refractivity contribution is 5.83. The molecule has 1 aliphatic carbocycles. The number of aromatic nitrogens is 4. The van der Waals surface area contributed by atoms with Crippen molar-refractivity contribution < 1.29 is 9.53 Å². The summed E-state index contributed by atoms with van der Waals surface area (Å²) < 4.78 is 10.7. The average Bonchev–Trinajstić information content (AvgIpc) is 3.24. The Kier molecular flexibility index (Phi) is 5.30. The van der Waals surface area contributed by atoms with Gasteiger partial charge in [-0.2, -0.15) is 5.10 Å². The van der Waals surface area contributed by atoms with Crippen LogP contribution in [0.15, 0.2) is 35.3 Å². The number of aryl methyl sites for hydroxylation is 2. The molecule has 0 unspecified atom stereocenters. The van der Waals surface area contributed by atoms with Crippen molar-refractivity contribution in [3.8, 4) is 5.75 Å². The maximum Gasteiger partial charge on any atom is 0.328 e. The van der Waals surface area contributed by atoms with Crippen molar-refractivity contribution in [2.24, 2.45) is 25.9 Å². The Morgan fingerprint density at radius 1 is 1.14 bits per heavy atom. The number of Topliss-reactive ketones (excluding diaryl/α,β-unsaturated/α-hetero) is 1. The number of hydrogen-bond acceptors (Lipinski definition) is 4. The number of carbonyl (C=O) groups excluding carboxylic acids is 1. The lowest BCUT2D eigenvalue weighted by atomic mass is 9.79. The number of hydrogen-bond donors (Lipinski definition) is 0. The maximum absolute atomic E-state index is 12.8. The van der Waals surface area contributed by atoms with E-state index >= 15 is 0 Å². The lowest BCUT2D eigenvalue weighted by Crippen LogP contribution is -2.29. The maximum atomic E-state index is 12.8. The fourth-order valence-corrected chi connectivity index (χ4v) is 4.52. The number of benzene rings is 1. The Hall–Kier alpha value is -2.83.